The zero-order valence-electron chi connectivity index (χ0n) is 10.3. The molecule has 0 aliphatic carbocycles. The topological polar surface area (TPSA) is 41.1 Å². The molecule has 3 nitrogen and oxygen atoms in total. The highest BCUT2D eigenvalue weighted by Gasteiger charge is 1.86. The standard InChI is InChI=1S/C8H9NO.C2H7N.C2H6/c1-7-2-4-8(5-3-7)9-6-10;1-3-2;1-2/h2-6H,1H3,(H,9,10);3H,1-2H3;1-2H3. The molecule has 0 heterocycles. The first kappa shape index (κ1) is 16.1. The molecule has 1 rings (SSSR count). The molecular weight excluding hydrogens is 188 g/mol. The first-order valence-corrected chi connectivity index (χ1v) is 5.10. The van der Waals surface area contributed by atoms with Crippen LogP contribution in [-0.2, 0) is 4.79 Å². The van der Waals surface area contributed by atoms with Crippen molar-refractivity contribution in [3.63, 3.8) is 0 Å². The summed E-state index contributed by atoms with van der Waals surface area (Å²) in [5.41, 5.74) is 2.03. The maximum atomic E-state index is 9.95. The van der Waals surface area contributed by atoms with Crippen LogP contribution in [0.5, 0.6) is 0 Å². The van der Waals surface area contributed by atoms with Gasteiger partial charge in [0.2, 0.25) is 6.41 Å². The van der Waals surface area contributed by atoms with E-state index in [0.29, 0.717) is 6.41 Å². The minimum Gasteiger partial charge on any atom is -0.329 e. The molecule has 1 aromatic rings. The first-order valence-electron chi connectivity index (χ1n) is 5.10. The lowest BCUT2D eigenvalue weighted by molar-refractivity contribution is -0.105. The Kier molecular flexibility index (Phi) is 13.6. The quantitative estimate of drug-likeness (QED) is 0.736. The average molecular weight is 210 g/mol. The fraction of sp³-hybridized carbons (Fsp3) is 0.417. The number of hydrogen-bond donors (Lipinski definition) is 2. The highest BCUT2D eigenvalue weighted by atomic mass is 16.1. The third-order valence-electron chi connectivity index (χ3n) is 1.28. The van der Waals surface area contributed by atoms with E-state index in [1.807, 2.05) is 59.1 Å². The molecule has 0 fully saturated rings. The van der Waals surface area contributed by atoms with E-state index in [-0.39, 0.29) is 0 Å². The van der Waals surface area contributed by atoms with Gasteiger partial charge >= 0.3 is 0 Å². The molecule has 0 saturated heterocycles. The second-order valence-electron chi connectivity index (χ2n) is 2.63. The number of amides is 1. The summed E-state index contributed by atoms with van der Waals surface area (Å²) in [7, 11) is 3.75. The van der Waals surface area contributed by atoms with E-state index in [1.54, 1.807) is 0 Å². The normalized spacial score (nSPS) is 7.53. The highest BCUT2D eigenvalue weighted by molar-refractivity contribution is 5.70. The van der Waals surface area contributed by atoms with Crippen LogP contribution in [0.2, 0.25) is 0 Å². The van der Waals surface area contributed by atoms with Crippen molar-refractivity contribution >= 4 is 12.1 Å². The number of carbonyl (C=O) groups is 1. The number of anilines is 1. The van der Waals surface area contributed by atoms with Gasteiger partial charge < -0.3 is 10.6 Å². The Balaban J connectivity index is 0. The molecule has 86 valence electrons. The molecular formula is C12H22N2O. The van der Waals surface area contributed by atoms with E-state index in [1.165, 1.54) is 5.56 Å². The molecule has 0 atom stereocenters. The molecule has 0 spiro atoms. The van der Waals surface area contributed by atoms with Gasteiger partial charge in [0.1, 0.15) is 0 Å². The highest BCUT2D eigenvalue weighted by Crippen LogP contribution is 2.06. The molecule has 0 aromatic heterocycles. The Morgan fingerprint density at radius 1 is 1.07 bits per heavy atom. The average Bonchev–Trinajstić information content (AvgIpc) is 2.26. The second kappa shape index (κ2) is 12.7. The number of nitrogens with one attached hydrogen (secondary N) is 2. The zero-order chi connectivity index (χ0) is 12.1. The summed E-state index contributed by atoms with van der Waals surface area (Å²) >= 11 is 0. The van der Waals surface area contributed by atoms with Gasteiger partial charge in [0, 0.05) is 5.69 Å². The Hall–Kier alpha value is -1.35. The van der Waals surface area contributed by atoms with Gasteiger partial charge in [-0.1, -0.05) is 31.5 Å². The van der Waals surface area contributed by atoms with E-state index in [2.05, 4.69) is 10.6 Å². The van der Waals surface area contributed by atoms with Gasteiger partial charge in [-0.25, -0.2) is 0 Å². The lowest BCUT2D eigenvalue weighted by atomic mass is 10.2. The van der Waals surface area contributed by atoms with Crippen molar-refractivity contribution in [2.45, 2.75) is 20.8 Å². The molecule has 0 radical (unpaired) electrons. The van der Waals surface area contributed by atoms with Crippen molar-refractivity contribution in [1.29, 1.82) is 0 Å². The van der Waals surface area contributed by atoms with Crippen LogP contribution >= 0.6 is 0 Å². The van der Waals surface area contributed by atoms with Gasteiger partial charge in [0.25, 0.3) is 0 Å². The van der Waals surface area contributed by atoms with Crippen molar-refractivity contribution < 1.29 is 4.79 Å². The number of benzene rings is 1. The smallest absolute Gasteiger partial charge is 0.211 e. The van der Waals surface area contributed by atoms with Gasteiger partial charge in [0.15, 0.2) is 0 Å². The Labute approximate surface area is 92.9 Å². The Morgan fingerprint density at radius 3 is 1.80 bits per heavy atom. The van der Waals surface area contributed by atoms with Crippen LogP contribution in [-0.4, -0.2) is 20.5 Å². The largest absolute Gasteiger partial charge is 0.329 e. The van der Waals surface area contributed by atoms with E-state index >= 15 is 0 Å². The number of hydrogen-bond acceptors (Lipinski definition) is 2. The Morgan fingerprint density at radius 2 is 1.47 bits per heavy atom. The molecule has 2 N–H and O–H groups in total. The van der Waals surface area contributed by atoms with Crippen LogP contribution in [0.15, 0.2) is 24.3 Å². The van der Waals surface area contributed by atoms with E-state index in [0.717, 1.165) is 5.69 Å². The number of aryl methyl sites for hydroxylation is 1. The number of rotatable bonds is 2. The van der Waals surface area contributed by atoms with Gasteiger partial charge in [-0.05, 0) is 33.2 Å². The van der Waals surface area contributed by atoms with Crippen molar-refractivity contribution in [2.24, 2.45) is 0 Å². The lowest BCUT2D eigenvalue weighted by Gasteiger charge is -1.96. The van der Waals surface area contributed by atoms with Crippen LogP contribution in [0.3, 0.4) is 0 Å². The van der Waals surface area contributed by atoms with Gasteiger partial charge in [-0.15, -0.1) is 0 Å². The molecule has 0 saturated carbocycles. The van der Waals surface area contributed by atoms with Crippen molar-refractivity contribution in [2.75, 3.05) is 19.4 Å². The molecule has 0 aliphatic rings. The van der Waals surface area contributed by atoms with Crippen LogP contribution in [0.1, 0.15) is 19.4 Å². The van der Waals surface area contributed by atoms with Crippen molar-refractivity contribution in [3.8, 4) is 0 Å². The minimum atomic E-state index is 0.671. The van der Waals surface area contributed by atoms with Gasteiger partial charge in [0.05, 0.1) is 0 Å². The zero-order valence-corrected chi connectivity index (χ0v) is 10.3. The summed E-state index contributed by atoms with van der Waals surface area (Å²) in [5.74, 6) is 0. The summed E-state index contributed by atoms with van der Waals surface area (Å²) < 4.78 is 0. The predicted octanol–water partition coefficient (Wildman–Crippen LogP) is 2.43. The summed E-state index contributed by atoms with van der Waals surface area (Å²) in [6, 6.07) is 7.63. The molecule has 3 heteroatoms. The summed E-state index contributed by atoms with van der Waals surface area (Å²) in [4.78, 5) is 9.95. The third-order valence-corrected chi connectivity index (χ3v) is 1.28. The third kappa shape index (κ3) is 10.6. The molecule has 0 aliphatic heterocycles. The van der Waals surface area contributed by atoms with Crippen molar-refractivity contribution in [1.82, 2.24) is 5.32 Å². The summed E-state index contributed by atoms with van der Waals surface area (Å²) in [6.07, 6.45) is 0.671. The van der Waals surface area contributed by atoms with Crippen LogP contribution in [0, 0.1) is 6.92 Å². The molecule has 15 heavy (non-hydrogen) atoms. The molecule has 1 amide bonds. The van der Waals surface area contributed by atoms with Gasteiger partial charge in [-0.2, -0.15) is 0 Å². The van der Waals surface area contributed by atoms with E-state index in [9.17, 15) is 4.79 Å². The van der Waals surface area contributed by atoms with Crippen LogP contribution < -0.4 is 10.6 Å². The monoisotopic (exact) mass is 210 g/mol. The summed E-state index contributed by atoms with van der Waals surface area (Å²) in [5, 5.41) is 5.30. The number of carbonyl (C=O) groups excluding carboxylic acids is 1. The van der Waals surface area contributed by atoms with Gasteiger partial charge in [-0.3, -0.25) is 4.79 Å². The molecule has 0 unspecified atom stereocenters. The fourth-order valence-corrected chi connectivity index (χ4v) is 0.718. The minimum absolute atomic E-state index is 0.671. The maximum absolute atomic E-state index is 9.95. The maximum Gasteiger partial charge on any atom is 0.211 e. The fourth-order valence-electron chi connectivity index (χ4n) is 0.718. The van der Waals surface area contributed by atoms with E-state index < -0.39 is 0 Å². The predicted molar refractivity (Wildman–Crippen MR) is 67.2 cm³/mol. The van der Waals surface area contributed by atoms with Crippen LogP contribution in [0.4, 0.5) is 5.69 Å². The Bertz CT molecular complexity index is 232. The van der Waals surface area contributed by atoms with Crippen LogP contribution in [0.25, 0.3) is 0 Å². The molecule has 0 bridgehead atoms. The SMILES string of the molecule is CC.CNC.Cc1ccc(NC=O)cc1. The molecule has 1 aromatic carbocycles. The van der Waals surface area contributed by atoms with E-state index in [4.69, 9.17) is 0 Å². The van der Waals surface area contributed by atoms with Crippen molar-refractivity contribution in [3.05, 3.63) is 29.8 Å². The first-order chi connectivity index (χ1) is 7.24. The summed E-state index contributed by atoms with van der Waals surface area (Å²) in [6.45, 7) is 6.00. The second-order valence-corrected chi connectivity index (χ2v) is 2.63. The lowest BCUT2D eigenvalue weighted by Crippen LogP contribution is -1.92.